The molecule has 1 aliphatic rings. The van der Waals surface area contributed by atoms with Gasteiger partial charge in [0.2, 0.25) is 5.91 Å². The topological polar surface area (TPSA) is 211 Å². The van der Waals surface area contributed by atoms with E-state index in [-0.39, 0.29) is 11.4 Å². The van der Waals surface area contributed by atoms with Gasteiger partial charge in [-0.2, -0.15) is 0 Å². The summed E-state index contributed by atoms with van der Waals surface area (Å²) in [6, 6.07) is 3.42. The van der Waals surface area contributed by atoms with E-state index in [1.54, 1.807) is 0 Å². The van der Waals surface area contributed by atoms with Gasteiger partial charge < -0.3 is 24.3 Å². The Morgan fingerprint density at radius 1 is 0.973 bits per heavy atom. The normalized spacial score (nSPS) is 21.6. The molecule has 16 nitrogen and oxygen atoms in total. The molecule has 16 heteroatoms. The Balaban J connectivity index is 2.34. The number of rotatable bonds is 8. The molecule has 0 spiro atoms. The fourth-order valence-electron chi connectivity index (χ4n) is 3.16. The molecule has 0 aromatic heterocycles. The minimum absolute atomic E-state index is 0.138. The lowest BCUT2D eigenvalue weighted by molar-refractivity contribution is -0.384. The molecule has 1 aromatic rings. The zero-order valence-electron chi connectivity index (χ0n) is 20.1. The molecule has 0 aliphatic carbocycles. The summed E-state index contributed by atoms with van der Waals surface area (Å²) in [4.78, 5) is 73.9. The van der Waals surface area contributed by atoms with Crippen molar-refractivity contribution in [2.75, 3.05) is 11.9 Å². The molecule has 2 rings (SSSR count). The number of non-ortho nitro benzene ring substituents is 1. The van der Waals surface area contributed by atoms with Gasteiger partial charge in [-0.25, -0.2) is 4.79 Å². The number of nitro benzene ring substituents is 1. The van der Waals surface area contributed by atoms with Crippen molar-refractivity contribution in [2.24, 2.45) is 5.16 Å². The lowest BCUT2D eigenvalue weighted by Gasteiger charge is -2.41. The van der Waals surface area contributed by atoms with Crippen molar-refractivity contribution >= 4 is 47.2 Å². The van der Waals surface area contributed by atoms with Crippen LogP contribution in [-0.4, -0.2) is 71.7 Å². The highest BCUT2D eigenvalue weighted by molar-refractivity contribution is 5.90. The predicted octanol–water partition coefficient (Wildman–Crippen LogP) is 0.787. The van der Waals surface area contributed by atoms with Gasteiger partial charge in [0.15, 0.2) is 18.3 Å². The van der Waals surface area contributed by atoms with Crippen LogP contribution in [0.3, 0.4) is 0 Å². The first-order chi connectivity index (χ1) is 17.4. The highest BCUT2D eigenvalue weighted by Gasteiger charge is 2.50. The Kier molecular flexibility index (Phi) is 9.85. The number of carbonyl (C=O) groups is 5. The van der Waals surface area contributed by atoms with E-state index in [0.29, 0.717) is 0 Å². The maximum atomic E-state index is 12.2. The smallest absolute Gasteiger partial charge is 0.437 e. The first-order valence-corrected chi connectivity index (χ1v) is 10.6. The Morgan fingerprint density at radius 3 is 2.08 bits per heavy atom. The van der Waals surface area contributed by atoms with E-state index in [0.717, 1.165) is 39.8 Å². The second-order valence-electron chi connectivity index (χ2n) is 7.52. The minimum atomic E-state index is -1.42. The van der Waals surface area contributed by atoms with E-state index < -0.39 is 71.7 Å². The van der Waals surface area contributed by atoms with E-state index >= 15 is 0 Å². The van der Waals surface area contributed by atoms with Crippen LogP contribution < -0.4 is 10.6 Å². The van der Waals surface area contributed by atoms with Crippen LogP contribution in [-0.2, 0) is 43.0 Å². The average Bonchev–Trinajstić information content (AvgIpc) is 2.79. The second-order valence-corrected chi connectivity index (χ2v) is 7.52. The minimum Gasteiger partial charge on any atom is -0.466 e. The number of anilines is 1. The molecular formula is C21H24N4O12. The number of hydrogen-bond donors (Lipinski definition) is 2. The van der Waals surface area contributed by atoms with Crippen molar-refractivity contribution in [3.8, 4) is 0 Å². The summed E-state index contributed by atoms with van der Waals surface area (Å²) in [6.07, 6.45) is -5.19. The molecule has 3 unspecified atom stereocenters. The molecule has 200 valence electrons. The highest BCUT2D eigenvalue weighted by atomic mass is 16.7. The van der Waals surface area contributed by atoms with Gasteiger partial charge in [0.05, 0.1) is 4.92 Å². The fraction of sp³-hybridized carbons (Fsp3) is 0.429. The van der Waals surface area contributed by atoms with Crippen LogP contribution in [0.4, 0.5) is 16.2 Å². The molecule has 2 amide bonds. The van der Waals surface area contributed by atoms with E-state index in [9.17, 15) is 34.1 Å². The van der Waals surface area contributed by atoms with Crippen LogP contribution in [0.5, 0.6) is 0 Å². The molecule has 1 saturated heterocycles. The van der Waals surface area contributed by atoms with Crippen molar-refractivity contribution < 1.29 is 52.7 Å². The fourth-order valence-corrected chi connectivity index (χ4v) is 3.16. The molecule has 2 N–H and O–H groups in total. The second kappa shape index (κ2) is 12.8. The van der Waals surface area contributed by atoms with Crippen LogP contribution in [0, 0.1) is 10.1 Å². The summed E-state index contributed by atoms with van der Waals surface area (Å²) in [6.45, 7) is 3.92. The van der Waals surface area contributed by atoms with E-state index in [2.05, 4.69) is 15.8 Å². The van der Waals surface area contributed by atoms with Gasteiger partial charge in [0.25, 0.3) is 11.6 Å². The molecule has 1 heterocycles. The van der Waals surface area contributed by atoms with Crippen molar-refractivity contribution in [1.29, 1.82) is 0 Å². The van der Waals surface area contributed by atoms with Gasteiger partial charge in [-0.05, 0) is 17.3 Å². The number of ether oxygens (including phenoxy) is 4. The molecule has 37 heavy (non-hydrogen) atoms. The number of nitrogens with one attached hydrogen (secondary N) is 2. The van der Waals surface area contributed by atoms with Gasteiger partial charge in [0.1, 0.15) is 12.6 Å². The molecule has 1 aromatic carbocycles. The maximum absolute atomic E-state index is 12.2. The van der Waals surface area contributed by atoms with Gasteiger partial charge in [0, 0.05) is 45.5 Å². The molecule has 4 atom stereocenters. The molecule has 1 aliphatic heterocycles. The Labute approximate surface area is 209 Å². The monoisotopic (exact) mass is 524 g/mol. The third-order valence-electron chi connectivity index (χ3n) is 4.51. The lowest BCUT2D eigenvalue weighted by Crippen LogP contribution is -2.64. The van der Waals surface area contributed by atoms with Gasteiger partial charge >= 0.3 is 24.0 Å². The summed E-state index contributed by atoms with van der Waals surface area (Å²) in [5.74, 6) is -3.41. The Bertz CT molecular complexity index is 1090. The quantitative estimate of drug-likeness (QED) is 0.159. The van der Waals surface area contributed by atoms with E-state index in [1.165, 1.54) is 12.1 Å². The van der Waals surface area contributed by atoms with E-state index in [1.807, 2.05) is 0 Å². The van der Waals surface area contributed by atoms with Gasteiger partial charge in [-0.3, -0.25) is 39.4 Å². The Morgan fingerprint density at radius 2 is 1.57 bits per heavy atom. The van der Waals surface area contributed by atoms with Crippen molar-refractivity contribution in [1.82, 2.24) is 5.32 Å². The molecule has 0 bridgehead atoms. The lowest BCUT2D eigenvalue weighted by atomic mass is 9.96. The zero-order chi connectivity index (χ0) is 27.7. The number of esters is 3. The van der Waals surface area contributed by atoms with Crippen LogP contribution in [0.2, 0.25) is 0 Å². The third-order valence-corrected chi connectivity index (χ3v) is 4.51. The number of carbonyl (C=O) groups excluding carboxylic acids is 5. The Hall–Kier alpha value is -4.76. The third kappa shape index (κ3) is 8.75. The molecule has 0 radical (unpaired) electrons. The van der Waals surface area contributed by atoms with Crippen molar-refractivity contribution in [2.45, 2.75) is 52.0 Å². The summed E-state index contributed by atoms with van der Waals surface area (Å²) < 4.78 is 21.1. The number of nitrogens with zero attached hydrogens (tertiary/aromatic N) is 2. The van der Waals surface area contributed by atoms with E-state index in [4.69, 9.17) is 23.8 Å². The van der Waals surface area contributed by atoms with Crippen molar-refractivity contribution in [3.05, 3.63) is 34.4 Å². The summed E-state index contributed by atoms with van der Waals surface area (Å²) >= 11 is 0. The standard InChI is InChI=1S/C21H24N4O12/c1-10(26)22-17-19(35-13(4)29)18(34-12(3)28)16(9-33-11(2)27)36-20(17)24-37-21(30)23-14-5-7-15(8-6-14)25(31)32/h5-8,16-19H,9H2,1-4H3,(H,22,26)(H,23,30)/b24-20+/t16?,17?,18-,19?/m0/s1. The number of nitro groups is 1. The van der Waals surface area contributed by atoms with Crippen LogP contribution in [0.25, 0.3) is 0 Å². The first kappa shape index (κ1) is 28.5. The summed E-state index contributed by atoms with van der Waals surface area (Å²) in [5, 5.41) is 19.0. The van der Waals surface area contributed by atoms with Crippen LogP contribution in [0.1, 0.15) is 27.7 Å². The summed E-state index contributed by atoms with van der Waals surface area (Å²) in [5.41, 5.74) is -0.0650. The molecule has 0 saturated carbocycles. The predicted molar refractivity (Wildman–Crippen MR) is 121 cm³/mol. The number of amides is 2. The van der Waals surface area contributed by atoms with Gasteiger partial charge in [-0.15, -0.1) is 0 Å². The number of hydrogen-bond acceptors (Lipinski definition) is 13. The van der Waals surface area contributed by atoms with Crippen molar-refractivity contribution in [3.63, 3.8) is 0 Å². The number of oxime groups is 1. The number of benzene rings is 1. The maximum Gasteiger partial charge on any atom is 0.437 e. The SMILES string of the molecule is CC(=O)NC1/C(=N\OC(=O)Nc2ccc([N+](=O)[O-])cc2)OC(COC(C)=O)[C@H](OC(C)=O)C1OC(C)=O. The first-order valence-electron chi connectivity index (χ1n) is 10.6. The molecule has 1 fully saturated rings. The van der Waals surface area contributed by atoms with Crippen LogP contribution in [0.15, 0.2) is 29.4 Å². The average molecular weight is 524 g/mol. The summed E-state index contributed by atoms with van der Waals surface area (Å²) in [7, 11) is 0. The largest absolute Gasteiger partial charge is 0.466 e. The van der Waals surface area contributed by atoms with Gasteiger partial charge in [-0.1, -0.05) is 0 Å². The highest BCUT2D eigenvalue weighted by Crippen LogP contribution is 2.25. The zero-order valence-corrected chi connectivity index (χ0v) is 20.1. The van der Waals surface area contributed by atoms with Crippen LogP contribution >= 0.6 is 0 Å². The molecular weight excluding hydrogens is 500 g/mol.